The third-order valence-corrected chi connectivity index (χ3v) is 3.77. The van der Waals surface area contributed by atoms with Gasteiger partial charge in [-0.1, -0.05) is 18.7 Å². The van der Waals surface area contributed by atoms with Crippen LogP contribution in [-0.4, -0.2) is 33.1 Å². The number of rotatable bonds is 6. The minimum Gasteiger partial charge on any atom is -0.317 e. The highest BCUT2D eigenvalue weighted by molar-refractivity contribution is 7.99. The Balaban J connectivity index is 2.71. The zero-order valence-corrected chi connectivity index (χ0v) is 12.0. The van der Waals surface area contributed by atoms with Crippen LogP contribution < -0.4 is 11.0 Å². The smallest absolute Gasteiger partial charge is 0.317 e. The van der Waals surface area contributed by atoms with Gasteiger partial charge in [-0.3, -0.25) is 4.57 Å². The third kappa shape index (κ3) is 3.89. The van der Waals surface area contributed by atoms with Crippen molar-refractivity contribution in [3.63, 3.8) is 0 Å². The summed E-state index contributed by atoms with van der Waals surface area (Å²) < 4.78 is 1.70. The molecule has 0 bridgehead atoms. The van der Waals surface area contributed by atoms with Gasteiger partial charge in [0.2, 0.25) is 0 Å². The third-order valence-electron chi connectivity index (χ3n) is 2.67. The van der Waals surface area contributed by atoms with E-state index in [0.29, 0.717) is 11.3 Å². The lowest BCUT2D eigenvalue weighted by molar-refractivity contribution is 0.530. The topological polar surface area (TPSA) is 62.7 Å². The number of hydrogen-bond acceptors (Lipinski definition) is 4. The second-order valence-electron chi connectivity index (χ2n) is 4.63. The Hall–Kier alpha value is -0.750. The summed E-state index contributed by atoms with van der Waals surface area (Å²) in [7, 11) is 1.96. The van der Waals surface area contributed by atoms with Crippen LogP contribution in [0.25, 0.3) is 0 Å². The van der Waals surface area contributed by atoms with Crippen molar-refractivity contribution < 1.29 is 0 Å². The van der Waals surface area contributed by atoms with Crippen molar-refractivity contribution in [1.82, 2.24) is 20.1 Å². The molecular weight excluding hydrogens is 236 g/mol. The molecule has 2 unspecified atom stereocenters. The van der Waals surface area contributed by atoms with Gasteiger partial charge in [-0.15, -0.1) is 5.10 Å². The van der Waals surface area contributed by atoms with Gasteiger partial charge < -0.3 is 5.32 Å². The van der Waals surface area contributed by atoms with E-state index < -0.39 is 0 Å². The molecule has 0 aromatic carbocycles. The fourth-order valence-corrected chi connectivity index (χ4v) is 2.92. The minimum atomic E-state index is -0.128. The molecule has 17 heavy (non-hydrogen) atoms. The normalized spacial score (nSPS) is 15.2. The summed E-state index contributed by atoms with van der Waals surface area (Å²) in [5.74, 6) is 0. The van der Waals surface area contributed by atoms with Gasteiger partial charge in [-0.25, -0.2) is 9.89 Å². The summed E-state index contributed by atoms with van der Waals surface area (Å²) in [5.41, 5.74) is -0.128. The molecule has 6 heteroatoms. The second-order valence-corrected chi connectivity index (χ2v) is 6.03. The van der Waals surface area contributed by atoms with E-state index in [1.54, 1.807) is 16.3 Å². The molecule has 0 aliphatic heterocycles. The standard InChI is InChI=1S/C11H22N4OS/c1-7(2)15-10(16)13-14-11(15)17-9(4)6-8(3)12-5/h7-9,12H,6H2,1-5H3,(H,13,16). The lowest BCUT2D eigenvalue weighted by Gasteiger charge is -2.16. The largest absolute Gasteiger partial charge is 0.344 e. The summed E-state index contributed by atoms with van der Waals surface area (Å²) in [6, 6.07) is 0.605. The van der Waals surface area contributed by atoms with E-state index in [0.717, 1.165) is 11.6 Å². The maximum Gasteiger partial charge on any atom is 0.344 e. The molecule has 0 fully saturated rings. The van der Waals surface area contributed by atoms with Crippen molar-refractivity contribution in [3.05, 3.63) is 10.5 Å². The van der Waals surface area contributed by atoms with Crippen molar-refractivity contribution in [2.45, 2.75) is 56.6 Å². The molecule has 1 heterocycles. The minimum absolute atomic E-state index is 0.128. The van der Waals surface area contributed by atoms with Gasteiger partial charge >= 0.3 is 5.69 Å². The molecule has 2 N–H and O–H groups in total. The van der Waals surface area contributed by atoms with E-state index in [1.807, 2.05) is 20.9 Å². The number of nitrogens with one attached hydrogen (secondary N) is 2. The number of nitrogens with zero attached hydrogens (tertiary/aromatic N) is 2. The molecule has 0 aliphatic rings. The summed E-state index contributed by atoms with van der Waals surface area (Å²) >= 11 is 1.64. The maximum absolute atomic E-state index is 11.6. The number of aromatic nitrogens is 3. The fourth-order valence-electron chi connectivity index (χ4n) is 1.67. The fraction of sp³-hybridized carbons (Fsp3) is 0.818. The van der Waals surface area contributed by atoms with Gasteiger partial charge in [-0.05, 0) is 34.2 Å². The van der Waals surface area contributed by atoms with E-state index >= 15 is 0 Å². The number of thioether (sulfide) groups is 1. The van der Waals surface area contributed by atoms with Crippen molar-refractivity contribution in [1.29, 1.82) is 0 Å². The quantitative estimate of drug-likeness (QED) is 0.761. The Morgan fingerprint density at radius 1 is 1.41 bits per heavy atom. The predicted molar refractivity (Wildman–Crippen MR) is 71.7 cm³/mol. The summed E-state index contributed by atoms with van der Waals surface area (Å²) in [6.45, 7) is 8.28. The van der Waals surface area contributed by atoms with Gasteiger partial charge in [0.1, 0.15) is 0 Å². The molecule has 1 aromatic heterocycles. The van der Waals surface area contributed by atoms with Gasteiger partial charge in [-0.2, -0.15) is 0 Å². The van der Waals surface area contributed by atoms with Crippen LogP contribution in [0.3, 0.4) is 0 Å². The molecule has 0 aliphatic carbocycles. The summed E-state index contributed by atoms with van der Waals surface area (Å²) in [6.07, 6.45) is 1.04. The molecule has 0 radical (unpaired) electrons. The Morgan fingerprint density at radius 2 is 2.06 bits per heavy atom. The first-order valence-corrected chi connectivity index (χ1v) is 6.84. The lowest BCUT2D eigenvalue weighted by atomic mass is 10.2. The average molecular weight is 258 g/mol. The van der Waals surface area contributed by atoms with E-state index in [1.165, 1.54) is 0 Å². The Bertz CT molecular complexity index is 398. The summed E-state index contributed by atoms with van der Waals surface area (Å²) in [5, 5.41) is 11.0. The van der Waals surface area contributed by atoms with Crippen molar-refractivity contribution >= 4 is 11.8 Å². The zero-order valence-electron chi connectivity index (χ0n) is 11.2. The molecular formula is C11H22N4OS. The number of hydrogen-bond donors (Lipinski definition) is 2. The van der Waals surface area contributed by atoms with Crippen LogP contribution in [0.1, 0.15) is 40.2 Å². The second kappa shape index (κ2) is 6.26. The van der Waals surface area contributed by atoms with Gasteiger partial charge in [0.25, 0.3) is 0 Å². The SMILES string of the molecule is CNC(C)CC(C)Sc1n[nH]c(=O)n1C(C)C. The van der Waals surface area contributed by atoms with Crippen LogP contribution in [0.4, 0.5) is 0 Å². The highest BCUT2D eigenvalue weighted by atomic mass is 32.2. The highest BCUT2D eigenvalue weighted by Crippen LogP contribution is 2.24. The number of aromatic amines is 1. The first-order chi connectivity index (χ1) is 7.95. The van der Waals surface area contributed by atoms with Crippen LogP contribution in [-0.2, 0) is 0 Å². The van der Waals surface area contributed by atoms with Crippen molar-refractivity contribution in [2.24, 2.45) is 0 Å². The van der Waals surface area contributed by atoms with Gasteiger partial charge in [0, 0.05) is 17.3 Å². The van der Waals surface area contributed by atoms with E-state index in [4.69, 9.17) is 0 Å². The highest BCUT2D eigenvalue weighted by Gasteiger charge is 2.16. The van der Waals surface area contributed by atoms with Crippen LogP contribution >= 0.6 is 11.8 Å². The first kappa shape index (κ1) is 14.3. The molecule has 0 saturated carbocycles. The monoisotopic (exact) mass is 258 g/mol. The van der Waals surface area contributed by atoms with Crippen LogP contribution in [0.5, 0.6) is 0 Å². The molecule has 5 nitrogen and oxygen atoms in total. The van der Waals surface area contributed by atoms with Crippen molar-refractivity contribution in [2.75, 3.05) is 7.05 Å². The molecule has 1 aromatic rings. The lowest BCUT2D eigenvalue weighted by Crippen LogP contribution is -2.25. The molecule has 0 spiro atoms. The molecule has 1 rings (SSSR count). The van der Waals surface area contributed by atoms with Gasteiger partial charge in [0.15, 0.2) is 5.16 Å². The van der Waals surface area contributed by atoms with Crippen LogP contribution in [0, 0.1) is 0 Å². The first-order valence-electron chi connectivity index (χ1n) is 5.96. The molecule has 0 saturated heterocycles. The molecule has 0 amide bonds. The Labute approximate surface area is 106 Å². The summed E-state index contributed by atoms with van der Waals surface area (Å²) in [4.78, 5) is 11.6. The van der Waals surface area contributed by atoms with Crippen molar-refractivity contribution in [3.8, 4) is 0 Å². The van der Waals surface area contributed by atoms with E-state index in [-0.39, 0.29) is 11.7 Å². The Morgan fingerprint density at radius 3 is 2.59 bits per heavy atom. The number of H-pyrrole nitrogens is 1. The van der Waals surface area contributed by atoms with Gasteiger partial charge in [0.05, 0.1) is 0 Å². The Kier molecular flexibility index (Phi) is 5.27. The molecule has 98 valence electrons. The zero-order chi connectivity index (χ0) is 13.0. The van der Waals surface area contributed by atoms with Crippen LogP contribution in [0.15, 0.2) is 9.95 Å². The average Bonchev–Trinajstić information content (AvgIpc) is 2.59. The van der Waals surface area contributed by atoms with E-state index in [2.05, 4.69) is 29.4 Å². The predicted octanol–water partition coefficient (Wildman–Crippen LogP) is 1.63. The van der Waals surface area contributed by atoms with Crippen LogP contribution in [0.2, 0.25) is 0 Å². The van der Waals surface area contributed by atoms with E-state index in [9.17, 15) is 4.79 Å². The maximum atomic E-state index is 11.6. The molecule has 2 atom stereocenters.